The molecule has 0 aromatic rings. The van der Waals surface area contributed by atoms with Crippen LogP contribution in [0.2, 0.25) is 0 Å². The van der Waals surface area contributed by atoms with Crippen LogP contribution in [0.15, 0.2) is 0 Å². The van der Waals surface area contributed by atoms with Gasteiger partial charge in [0.1, 0.15) is 0 Å². The summed E-state index contributed by atoms with van der Waals surface area (Å²) < 4.78 is 10.4. The van der Waals surface area contributed by atoms with Gasteiger partial charge in [0.15, 0.2) is 12.5 Å². The van der Waals surface area contributed by atoms with Crippen molar-refractivity contribution in [2.45, 2.75) is 209 Å². The number of hydrogen-bond acceptors (Lipinski definition) is 10. The molecule has 0 aliphatic rings. The van der Waals surface area contributed by atoms with Gasteiger partial charge in [0, 0.05) is 52.4 Å². The summed E-state index contributed by atoms with van der Waals surface area (Å²) in [6.45, 7) is 26.2. The summed E-state index contributed by atoms with van der Waals surface area (Å²) in [6, 6.07) is 0. The molecule has 0 heterocycles. The van der Waals surface area contributed by atoms with E-state index in [0.29, 0.717) is 17.3 Å². The second-order valence-electron chi connectivity index (χ2n) is 14.7. The van der Waals surface area contributed by atoms with Gasteiger partial charge in [-0.05, 0) is 51.4 Å². The van der Waals surface area contributed by atoms with E-state index < -0.39 is 0 Å². The van der Waals surface area contributed by atoms with Crippen molar-refractivity contribution in [3.63, 3.8) is 0 Å². The molecule has 15 heteroatoms. The Hall–Kier alpha value is 1.15. The van der Waals surface area contributed by atoms with E-state index in [2.05, 4.69) is 87.5 Å². The van der Waals surface area contributed by atoms with E-state index >= 15 is 0 Å². The van der Waals surface area contributed by atoms with E-state index in [1.165, 1.54) is 154 Å². The average molecular weight is 1070 g/mol. The zero-order valence-corrected chi connectivity index (χ0v) is 48.3. The topological polar surface area (TPSA) is 30.0 Å². The second kappa shape index (κ2) is 61.2. The van der Waals surface area contributed by atoms with Crippen LogP contribution in [0, 0.1) is 0 Å². The van der Waals surface area contributed by atoms with E-state index in [-0.39, 0.29) is 21.1 Å². The first-order chi connectivity index (χ1) is 27.9. The van der Waals surface area contributed by atoms with Gasteiger partial charge in [-0.1, -0.05) is 175 Å². The van der Waals surface area contributed by atoms with Crippen LogP contribution in [-0.2, 0) is 84.1 Å². The molecule has 59 heavy (non-hydrogen) atoms. The van der Waals surface area contributed by atoms with E-state index in [9.17, 15) is 0 Å². The molecule has 0 rings (SSSR count). The predicted octanol–water partition coefficient (Wildman–Crippen LogP) is 13.7. The van der Waals surface area contributed by atoms with Crippen LogP contribution in [-0.4, -0.2) is 93.4 Å². The maximum Gasteiger partial charge on any atom is 4.00 e. The summed E-state index contributed by atoms with van der Waals surface area (Å²) in [5.74, 6) is 0. The Kier molecular flexibility index (Phi) is 74.5. The Morgan fingerprint density at radius 2 is 0.390 bits per heavy atom. The Morgan fingerprint density at radius 3 is 0.458 bits per heavy atom. The molecule has 0 amide bonds. The Bertz CT molecular complexity index is 721. The van der Waals surface area contributed by atoms with Gasteiger partial charge in [-0.25, -0.2) is 0 Å². The third-order valence-corrected chi connectivity index (χ3v) is 11.4. The van der Waals surface area contributed by atoms with Crippen molar-refractivity contribution in [1.29, 1.82) is 0 Å². The molecular weight excluding hydrogens is 985 g/mol. The van der Waals surface area contributed by atoms with Gasteiger partial charge in [0.05, 0.1) is 0 Å². The SMILES string of the molecule is CCCCCN(CCCCC)C(=S)[S-].CCCCCN(CCCCC)C(=S)[S-].CCCCCN(CCCCC)C(=S)[S-].CCCCCN(CCCCC)C(=S)[S-].O=S.[Mo+4]. The summed E-state index contributed by atoms with van der Waals surface area (Å²) >= 11 is 43.3. The smallest absolute Gasteiger partial charge is 0.411 e. The fourth-order valence-electron chi connectivity index (χ4n) is 5.60. The first-order valence-electron chi connectivity index (χ1n) is 22.9. The molecule has 0 aromatic heterocycles. The van der Waals surface area contributed by atoms with Gasteiger partial charge < -0.3 is 119 Å². The first kappa shape index (κ1) is 71.8. The van der Waals surface area contributed by atoms with Gasteiger partial charge in [-0.15, -0.1) is 0 Å². The number of rotatable bonds is 32. The van der Waals surface area contributed by atoms with E-state index in [0.717, 1.165) is 52.4 Å². The first-order valence-corrected chi connectivity index (χ1v) is 26.5. The Labute approximate surface area is 431 Å². The standard InChI is InChI=1S/4C11H23NS2.Mo.OS/c4*1-3-5-7-9-12(11(13)14)10-8-6-4-2;;1-2/h4*3-10H2,1-2H3,(H,13,14);;/q;;;;+4;/p-4. The largest absolute Gasteiger partial charge is 4.00 e. The molecule has 0 unspecified atom stereocenters. The fraction of sp³-hybridized carbons (Fsp3) is 0.909. The second-order valence-corrected chi connectivity index (χ2v) is 18.8. The molecule has 0 aromatic carbocycles. The summed E-state index contributed by atoms with van der Waals surface area (Å²) in [4.78, 5) is 8.71. The molecule has 0 saturated heterocycles. The molecule has 0 fully saturated rings. The van der Waals surface area contributed by atoms with Gasteiger partial charge in [0.2, 0.25) is 0 Å². The number of unbranched alkanes of at least 4 members (excludes halogenated alkanes) is 16. The quantitative estimate of drug-likeness (QED) is 0.0277. The molecule has 0 saturated carbocycles. The third-order valence-electron chi connectivity index (χ3n) is 9.29. The van der Waals surface area contributed by atoms with E-state index in [1.807, 2.05) is 0 Å². The summed E-state index contributed by atoms with van der Waals surface area (Å²) in [7, 11) is 0. The molecule has 0 atom stereocenters. The van der Waals surface area contributed by atoms with Gasteiger partial charge >= 0.3 is 21.1 Å². The molecular formula is C44H88MoN4OS9. The van der Waals surface area contributed by atoms with Crippen LogP contribution >= 0.6 is 48.9 Å². The van der Waals surface area contributed by atoms with Crippen molar-refractivity contribution in [3.8, 4) is 0 Å². The van der Waals surface area contributed by atoms with Crippen molar-refractivity contribution in [1.82, 2.24) is 19.6 Å². The maximum absolute atomic E-state index is 7.83. The minimum atomic E-state index is 0. The van der Waals surface area contributed by atoms with Crippen LogP contribution < -0.4 is 0 Å². The molecule has 350 valence electrons. The van der Waals surface area contributed by atoms with Crippen molar-refractivity contribution in [2.75, 3.05) is 52.4 Å². The van der Waals surface area contributed by atoms with Crippen molar-refractivity contribution in [2.24, 2.45) is 0 Å². The number of hydrogen-bond donors (Lipinski definition) is 0. The zero-order chi connectivity index (χ0) is 45.2. The Balaban J connectivity index is -0.000000155. The molecule has 0 aliphatic carbocycles. The molecule has 0 radical (unpaired) electrons. The van der Waals surface area contributed by atoms with Gasteiger partial charge in [0.25, 0.3) is 0 Å². The van der Waals surface area contributed by atoms with Crippen LogP contribution in [0.3, 0.4) is 0 Å². The molecule has 0 N–H and O–H groups in total. The third kappa shape index (κ3) is 59.1. The summed E-state index contributed by atoms with van der Waals surface area (Å²) in [5, 5.41) is 0. The number of nitrogens with zero attached hydrogens (tertiary/aromatic N) is 4. The van der Waals surface area contributed by atoms with E-state index in [4.69, 9.17) is 104 Å². The molecule has 0 spiro atoms. The van der Waals surface area contributed by atoms with Gasteiger partial charge in [-0.3, -0.25) is 0 Å². The molecule has 0 bridgehead atoms. The van der Waals surface area contributed by atoms with Crippen LogP contribution in [0.1, 0.15) is 209 Å². The average Bonchev–Trinajstić information content (AvgIpc) is 3.20. The molecule has 0 aliphatic heterocycles. The van der Waals surface area contributed by atoms with Crippen molar-refractivity contribution < 1.29 is 25.3 Å². The predicted molar refractivity (Wildman–Crippen MR) is 290 cm³/mol. The fourth-order valence-corrected chi connectivity index (χ4v) is 7.06. The summed E-state index contributed by atoms with van der Waals surface area (Å²) in [6.07, 6.45) is 30.1. The van der Waals surface area contributed by atoms with Crippen molar-refractivity contribution in [3.05, 3.63) is 0 Å². The van der Waals surface area contributed by atoms with Crippen LogP contribution in [0.5, 0.6) is 0 Å². The van der Waals surface area contributed by atoms with Gasteiger partial charge in [-0.2, -0.15) is 4.21 Å². The molecule has 5 nitrogen and oxygen atoms in total. The normalized spacial score (nSPS) is 9.69. The monoisotopic (exact) mass is 1070 g/mol. The number of thiocarbonyl (C=S) groups is 4. The minimum absolute atomic E-state index is 0. The van der Waals surface area contributed by atoms with Crippen molar-refractivity contribution >= 4 is 129 Å². The Morgan fingerprint density at radius 1 is 0.288 bits per heavy atom. The zero-order valence-electron chi connectivity index (χ0n) is 38.9. The maximum atomic E-state index is 7.83. The minimum Gasteiger partial charge on any atom is -0.411 e. The summed E-state index contributed by atoms with van der Waals surface area (Å²) in [5.41, 5.74) is 0. The van der Waals surface area contributed by atoms with Crippen LogP contribution in [0.25, 0.3) is 0 Å². The van der Waals surface area contributed by atoms with Crippen LogP contribution in [0.4, 0.5) is 0 Å². The van der Waals surface area contributed by atoms with E-state index in [1.54, 1.807) is 0 Å².